The van der Waals surface area contributed by atoms with Gasteiger partial charge in [-0.1, -0.05) is 47.5 Å². The fraction of sp³-hybridized carbons (Fsp3) is 0.0769. The maximum Gasteiger partial charge on any atom is 2.00 e. The summed E-state index contributed by atoms with van der Waals surface area (Å²) in [4.78, 5) is 0. The van der Waals surface area contributed by atoms with Crippen LogP contribution in [0, 0.1) is 0 Å². The van der Waals surface area contributed by atoms with Crippen LogP contribution in [0.1, 0.15) is 11.1 Å². The molecule has 4 aromatic carbocycles. The van der Waals surface area contributed by atoms with Gasteiger partial charge in [0.15, 0.2) is 0 Å². The molecule has 0 heterocycles. The van der Waals surface area contributed by atoms with Crippen molar-refractivity contribution in [1.29, 1.82) is 0 Å². The predicted molar refractivity (Wildman–Crippen MR) is 121 cm³/mol. The summed E-state index contributed by atoms with van der Waals surface area (Å²) >= 11 is 4.64. The summed E-state index contributed by atoms with van der Waals surface area (Å²) in [6.45, 7) is 6.00. The Bertz CT molecular complexity index is 888. The first kappa shape index (κ1) is 24.1. The van der Waals surface area contributed by atoms with Gasteiger partial charge in [-0.3, -0.25) is 0 Å². The largest absolute Gasteiger partial charge is 2.00 e. The minimum absolute atomic E-state index is 0. The maximum absolute atomic E-state index is 4.64. The zero-order valence-corrected chi connectivity index (χ0v) is 19.5. The fourth-order valence-corrected chi connectivity index (χ4v) is 3.30. The van der Waals surface area contributed by atoms with Gasteiger partial charge in [-0.2, -0.15) is 30.3 Å². The summed E-state index contributed by atoms with van der Waals surface area (Å²) in [6.07, 6.45) is 2.53. The van der Waals surface area contributed by atoms with E-state index in [-0.39, 0.29) is 26.2 Å². The molecule has 0 bridgehead atoms. The quantitative estimate of drug-likeness (QED) is 0.136. The molecule has 0 N–H and O–H groups in total. The van der Waals surface area contributed by atoms with Crippen LogP contribution < -0.4 is 0 Å². The number of halogens is 1. The van der Waals surface area contributed by atoms with Crippen LogP contribution in [0.25, 0.3) is 22.3 Å². The Morgan fingerprint density at radius 2 is 1.39 bits per heavy atom. The molecule has 28 heavy (non-hydrogen) atoms. The third kappa shape index (κ3) is 5.77. The second kappa shape index (κ2) is 13.3. The molecule has 0 saturated carbocycles. The second-order valence-electron chi connectivity index (χ2n) is 5.80. The van der Waals surface area contributed by atoms with Crippen molar-refractivity contribution in [1.82, 2.24) is 0 Å². The second-order valence-corrected chi connectivity index (χ2v) is 5.80. The van der Waals surface area contributed by atoms with Gasteiger partial charge in [0.1, 0.15) is 0 Å². The number of benzene rings is 2. The van der Waals surface area contributed by atoms with Gasteiger partial charge < -0.3 is 0 Å². The Balaban J connectivity index is 0.000000335. The van der Waals surface area contributed by atoms with Crippen molar-refractivity contribution in [3.8, 4) is 22.3 Å². The Kier molecular flexibility index (Phi) is 11.4. The van der Waals surface area contributed by atoms with Crippen molar-refractivity contribution in [2.45, 2.75) is 6.42 Å². The third-order valence-electron chi connectivity index (χ3n) is 4.38. The first-order valence-electron chi connectivity index (χ1n) is 8.90. The van der Waals surface area contributed by atoms with Crippen molar-refractivity contribution in [3.63, 3.8) is 0 Å². The first-order valence-corrected chi connectivity index (χ1v) is 9.66. The molecule has 0 nitrogen and oxygen atoms in total. The molecule has 0 spiro atoms. The summed E-state index contributed by atoms with van der Waals surface area (Å²) in [5.74, 6) is 0. The Morgan fingerprint density at radius 1 is 0.786 bits per heavy atom. The van der Waals surface area contributed by atoms with Crippen LogP contribution in [-0.2, 0) is 32.6 Å². The summed E-state index contributed by atoms with van der Waals surface area (Å²) in [5.41, 5.74) is 8.45. The van der Waals surface area contributed by atoms with Crippen molar-refractivity contribution >= 4 is 11.6 Å². The van der Waals surface area contributed by atoms with Crippen LogP contribution in [0.5, 0.6) is 0 Å². The van der Waals surface area contributed by atoms with E-state index in [1.807, 2.05) is 30.3 Å². The van der Waals surface area contributed by atoms with E-state index in [1.54, 1.807) is 0 Å². The van der Waals surface area contributed by atoms with E-state index in [4.69, 9.17) is 0 Å². The van der Waals surface area contributed by atoms with Crippen LogP contribution in [-0.4, -0.2) is 6.38 Å². The summed E-state index contributed by atoms with van der Waals surface area (Å²) in [5, 5.41) is 0. The zero-order valence-electron chi connectivity index (χ0n) is 16.2. The van der Waals surface area contributed by atoms with Gasteiger partial charge in [0, 0.05) is 6.38 Å². The van der Waals surface area contributed by atoms with E-state index < -0.39 is 0 Å². The Morgan fingerprint density at radius 3 is 2.00 bits per heavy atom. The monoisotopic (exact) mass is 462 g/mol. The minimum atomic E-state index is 0. The maximum atomic E-state index is 4.64. The van der Waals surface area contributed by atoms with E-state index in [9.17, 15) is 0 Å². The zero-order chi connectivity index (χ0) is 19.5. The first-order chi connectivity index (χ1) is 13.4. The van der Waals surface area contributed by atoms with Gasteiger partial charge in [0.2, 0.25) is 0 Å². The molecule has 0 saturated heterocycles. The normalized spacial score (nSPS) is 9.64. The predicted octanol–water partition coefficient (Wildman–Crippen LogP) is 7.70. The van der Waals surface area contributed by atoms with Gasteiger partial charge >= 0.3 is 26.2 Å². The molecule has 0 fully saturated rings. The third-order valence-corrected chi connectivity index (χ3v) is 4.38. The molecule has 1 aliphatic rings. The SMILES string of the molecule is C=C.CCl.[Zr+2].c1cc[cH-]c1.c1ccc2c(c1)Cc1c-2cccc1-[c-]1cccc1. The molecule has 2 heteroatoms. The van der Waals surface area contributed by atoms with E-state index in [2.05, 4.69) is 91.5 Å². The van der Waals surface area contributed by atoms with Crippen LogP contribution in [0.2, 0.25) is 0 Å². The van der Waals surface area contributed by atoms with Crippen LogP contribution in [0.15, 0.2) is 110 Å². The van der Waals surface area contributed by atoms with Crippen molar-refractivity contribution in [2.24, 2.45) is 0 Å². The van der Waals surface area contributed by atoms with Gasteiger partial charge in [0.25, 0.3) is 0 Å². The molecule has 0 atom stereocenters. The Labute approximate surface area is 193 Å². The number of hydrogen-bond acceptors (Lipinski definition) is 0. The number of hydrogen-bond donors (Lipinski definition) is 0. The standard InChI is InChI=1S/C18H13.C5H5.C2H4.CH3Cl.Zr/c1-2-7-13(6-1)15-10-5-11-17-16-9-4-3-8-14(16)12-18(15)17;1-2-4-5-3-1;2*1-2;/h1-11H,12H2;1-5H;1-2H2;1H3;/q2*-1;;;+2. The molecule has 140 valence electrons. The molecule has 0 aliphatic heterocycles. The van der Waals surface area contributed by atoms with Gasteiger partial charge in [-0.15, -0.1) is 48.5 Å². The van der Waals surface area contributed by atoms with Crippen LogP contribution >= 0.6 is 11.6 Å². The Hall–Kier alpha value is -1.95. The molecule has 0 amide bonds. The van der Waals surface area contributed by atoms with Crippen molar-refractivity contribution in [3.05, 3.63) is 121 Å². The molecular weight excluding hydrogens is 439 g/mol. The molecule has 4 aromatic rings. The number of rotatable bonds is 1. The number of fused-ring (bicyclic) bond motifs is 3. The molecule has 5 rings (SSSR count). The summed E-state index contributed by atoms with van der Waals surface area (Å²) < 4.78 is 0. The van der Waals surface area contributed by atoms with Gasteiger partial charge in [-0.05, 0) is 23.1 Å². The van der Waals surface area contributed by atoms with E-state index in [0.29, 0.717) is 0 Å². The molecule has 0 radical (unpaired) electrons. The van der Waals surface area contributed by atoms with Crippen molar-refractivity contribution in [2.75, 3.05) is 6.38 Å². The summed E-state index contributed by atoms with van der Waals surface area (Å²) in [6, 6.07) is 34.0. The molecule has 1 aliphatic carbocycles. The van der Waals surface area contributed by atoms with E-state index in [0.717, 1.165) is 6.42 Å². The smallest absolute Gasteiger partial charge is 0.214 e. The van der Waals surface area contributed by atoms with Crippen molar-refractivity contribution < 1.29 is 26.2 Å². The van der Waals surface area contributed by atoms with E-state index >= 15 is 0 Å². The van der Waals surface area contributed by atoms with Crippen LogP contribution in [0.4, 0.5) is 0 Å². The number of alkyl halides is 1. The minimum Gasteiger partial charge on any atom is -0.214 e. The molecule has 0 unspecified atom stereocenters. The fourth-order valence-electron chi connectivity index (χ4n) is 3.30. The van der Waals surface area contributed by atoms with Crippen LogP contribution in [0.3, 0.4) is 0 Å². The molecular formula is C26H25ClZr. The average Bonchev–Trinajstić information content (AvgIpc) is 3.53. The topological polar surface area (TPSA) is 0 Å². The average molecular weight is 464 g/mol. The molecule has 0 aromatic heterocycles. The van der Waals surface area contributed by atoms with Gasteiger partial charge in [-0.25, -0.2) is 12.1 Å². The van der Waals surface area contributed by atoms with Gasteiger partial charge in [0.05, 0.1) is 0 Å². The van der Waals surface area contributed by atoms with E-state index in [1.165, 1.54) is 39.8 Å². The summed E-state index contributed by atoms with van der Waals surface area (Å²) in [7, 11) is 0.